The number of halogens is 2. The average Bonchev–Trinajstić information content (AvgIpc) is 3.10. The molecule has 0 unspecified atom stereocenters. The van der Waals surface area contributed by atoms with Gasteiger partial charge in [0.2, 0.25) is 0 Å². The average molecular weight is 443 g/mol. The Labute approximate surface area is 186 Å². The maximum absolute atomic E-state index is 12.2. The monoisotopic (exact) mass is 442 g/mol. The lowest BCUT2D eigenvalue weighted by Gasteiger charge is -2.48. The molecule has 0 aromatic heterocycles. The fourth-order valence-corrected chi connectivity index (χ4v) is 5.30. The van der Waals surface area contributed by atoms with Gasteiger partial charge < -0.3 is 10.1 Å². The van der Waals surface area contributed by atoms with Gasteiger partial charge in [-0.2, -0.15) is 0 Å². The summed E-state index contributed by atoms with van der Waals surface area (Å²) in [7, 11) is 1.37. The molecule has 1 N–H and O–H groups in total. The Kier molecular flexibility index (Phi) is 5.75. The summed E-state index contributed by atoms with van der Waals surface area (Å²) in [5.41, 5.74) is 4.11. The maximum atomic E-state index is 12.2. The molecule has 3 atom stereocenters. The van der Waals surface area contributed by atoms with E-state index in [0.717, 1.165) is 41.8 Å². The van der Waals surface area contributed by atoms with Crippen molar-refractivity contribution in [1.82, 2.24) is 5.32 Å². The first-order chi connectivity index (χ1) is 14.4. The summed E-state index contributed by atoms with van der Waals surface area (Å²) in [5, 5.41) is 4.84. The van der Waals surface area contributed by atoms with E-state index in [0.29, 0.717) is 15.6 Å². The summed E-state index contributed by atoms with van der Waals surface area (Å²) in [4.78, 5) is 17.0. The topological polar surface area (TPSA) is 50.7 Å². The van der Waals surface area contributed by atoms with Crippen molar-refractivity contribution in [3.63, 3.8) is 0 Å². The third kappa shape index (κ3) is 3.37. The molecule has 1 saturated heterocycles. The quantitative estimate of drug-likeness (QED) is 0.477. The van der Waals surface area contributed by atoms with Crippen molar-refractivity contribution in [2.75, 3.05) is 13.7 Å². The number of nitrogens with one attached hydrogen (secondary N) is 1. The third-order valence-electron chi connectivity index (χ3n) is 6.29. The van der Waals surface area contributed by atoms with Gasteiger partial charge in [-0.3, -0.25) is 4.99 Å². The van der Waals surface area contributed by atoms with Gasteiger partial charge in [-0.1, -0.05) is 48.3 Å². The van der Waals surface area contributed by atoms with Gasteiger partial charge in [0, 0.05) is 28.2 Å². The number of fused-ring (bicyclic) bond motifs is 2. The number of esters is 1. The van der Waals surface area contributed by atoms with Gasteiger partial charge in [0.1, 0.15) is 0 Å². The zero-order chi connectivity index (χ0) is 21.5. The minimum Gasteiger partial charge on any atom is -0.465 e. The minimum absolute atomic E-state index is 0.00739. The number of piperidine rings is 1. The van der Waals surface area contributed by atoms with Gasteiger partial charge in [0.15, 0.2) is 0 Å². The molecule has 0 bridgehead atoms. The first kappa shape index (κ1) is 21.1. The SMILES string of the molecule is C=C(CC)[C@H]1NCC[C@@H](c2cc(Cl)cc(C(=O)OC)c2)[C@]12C=Nc1cc(Cl)ccc12. The van der Waals surface area contributed by atoms with E-state index in [4.69, 9.17) is 32.9 Å². The summed E-state index contributed by atoms with van der Waals surface area (Å²) in [6.07, 6.45) is 3.75. The van der Waals surface area contributed by atoms with Crippen molar-refractivity contribution in [3.8, 4) is 0 Å². The summed E-state index contributed by atoms with van der Waals surface area (Å²) in [5.74, 6) is -0.344. The third-order valence-corrected chi connectivity index (χ3v) is 6.74. The van der Waals surface area contributed by atoms with Crippen LogP contribution in [0.25, 0.3) is 0 Å². The maximum Gasteiger partial charge on any atom is 0.337 e. The standard InChI is InChI=1S/C24H24Cl2N2O2/c1-4-14(2)22-24(13-28-21-12-17(25)5-6-20(21)24)19(7-8-27-22)15-9-16(23(29)30-3)11-18(26)10-15/h5-6,9-13,19,22,27H,2,4,7-8H2,1,3H3/t19-,22+,24-/m0/s1. The molecule has 0 amide bonds. The highest BCUT2D eigenvalue weighted by Crippen LogP contribution is 2.53. The van der Waals surface area contributed by atoms with Crippen molar-refractivity contribution in [3.05, 3.63) is 75.3 Å². The number of carbonyl (C=O) groups is 1. The Balaban J connectivity index is 1.92. The lowest BCUT2D eigenvalue weighted by molar-refractivity contribution is 0.0600. The van der Waals surface area contributed by atoms with Crippen molar-refractivity contribution in [2.24, 2.45) is 4.99 Å². The molecule has 2 aliphatic rings. The second-order valence-electron chi connectivity index (χ2n) is 7.86. The molecule has 0 aliphatic carbocycles. The predicted molar refractivity (Wildman–Crippen MR) is 123 cm³/mol. The first-order valence-corrected chi connectivity index (χ1v) is 10.8. The van der Waals surface area contributed by atoms with Gasteiger partial charge in [-0.25, -0.2) is 4.79 Å². The van der Waals surface area contributed by atoms with Crippen LogP contribution in [0.5, 0.6) is 0 Å². The number of carbonyl (C=O) groups excluding carboxylic acids is 1. The molecule has 2 aromatic carbocycles. The van der Waals surface area contributed by atoms with Gasteiger partial charge in [0.25, 0.3) is 0 Å². The number of aliphatic imine (C=N–C) groups is 1. The highest BCUT2D eigenvalue weighted by atomic mass is 35.5. The number of ether oxygens (including phenoxy) is 1. The molecule has 4 nitrogen and oxygen atoms in total. The molecule has 0 saturated carbocycles. The van der Waals surface area contributed by atoms with Gasteiger partial charge in [-0.15, -0.1) is 0 Å². The molecule has 2 aliphatic heterocycles. The second kappa shape index (κ2) is 8.18. The fourth-order valence-electron chi connectivity index (χ4n) is 4.89. The Hall–Kier alpha value is -2.14. The molecular weight excluding hydrogens is 419 g/mol. The van der Waals surface area contributed by atoms with Crippen LogP contribution in [0.4, 0.5) is 5.69 Å². The van der Waals surface area contributed by atoms with Crippen LogP contribution >= 0.6 is 23.2 Å². The van der Waals surface area contributed by atoms with E-state index in [1.807, 2.05) is 30.5 Å². The molecule has 156 valence electrons. The lowest BCUT2D eigenvalue weighted by Crippen LogP contribution is -2.57. The van der Waals surface area contributed by atoms with Crippen LogP contribution < -0.4 is 5.32 Å². The number of rotatable bonds is 4. The largest absolute Gasteiger partial charge is 0.465 e. The molecule has 2 aromatic rings. The van der Waals surface area contributed by atoms with Crippen LogP contribution in [0, 0.1) is 0 Å². The molecule has 0 radical (unpaired) electrons. The molecule has 1 fully saturated rings. The fraction of sp³-hybridized carbons (Fsp3) is 0.333. The van der Waals surface area contributed by atoms with E-state index >= 15 is 0 Å². The van der Waals surface area contributed by atoms with Crippen LogP contribution in [-0.4, -0.2) is 31.9 Å². The van der Waals surface area contributed by atoms with Gasteiger partial charge in [-0.05, 0) is 60.8 Å². The molecule has 4 rings (SSSR count). The zero-order valence-electron chi connectivity index (χ0n) is 17.0. The smallest absolute Gasteiger partial charge is 0.337 e. The van der Waals surface area contributed by atoms with Crippen molar-refractivity contribution in [2.45, 2.75) is 37.1 Å². The van der Waals surface area contributed by atoms with E-state index < -0.39 is 11.4 Å². The van der Waals surface area contributed by atoms with Crippen LogP contribution in [0.2, 0.25) is 10.0 Å². The van der Waals surface area contributed by atoms with Gasteiger partial charge >= 0.3 is 5.97 Å². The zero-order valence-corrected chi connectivity index (χ0v) is 18.6. The summed E-state index contributed by atoms with van der Waals surface area (Å²) < 4.78 is 4.93. The molecule has 6 heteroatoms. The molecule has 1 spiro atoms. The van der Waals surface area contributed by atoms with E-state index in [2.05, 4.69) is 24.9 Å². The Morgan fingerprint density at radius 2 is 2.07 bits per heavy atom. The first-order valence-electron chi connectivity index (χ1n) is 10.1. The van der Waals surface area contributed by atoms with Crippen molar-refractivity contribution >= 4 is 41.1 Å². The minimum atomic E-state index is -0.441. The van der Waals surface area contributed by atoms with E-state index in [-0.39, 0.29) is 12.0 Å². The molecule has 2 heterocycles. The second-order valence-corrected chi connectivity index (χ2v) is 8.73. The highest BCUT2D eigenvalue weighted by Gasteiger charge is 2.52. The van der Waals surface area contributed by atoms with Crippen molar-refractivity contribution in [1.29, 1.82) is 0 Å². The van der Waals surface area contributed by atoms with E-state index in [1.54, 1.807) is 6.07 Å². The van der Waals surface area contributed by atoms with Crippen LogP contribution in [0.3, 0.4) is 0 Å². The summed E-state index contributed by atoms with van der Waals surface area (Å²) in [6, 6.07) is 11.4. The Bertz CT molecular complexity index is 1050. The molecule has 30 heavy (non-hydrogen) atoms. The summed E-state index contributed by atoms with van der Waals surface area (Å²) in [6.45, 7) is 7.30. The lowest BCUT2D eigenvalue weighted by atomic mass is 9.60. The summed E-state index contributed by atoms with van der Waals surface area (Å²) >= 11 is 12.7. The number of benzene rings is 2. The molecular formula is C24H24Cl2N2O2. The highest BCUT2D eigenvalue weighted by molar-refractivity contribution is 6.31. The number of methoxy groups -OCH3 is 1. The van der Waals surface area contributed by atoms with Crippen LogP contribution in [0.15, 0.2) is 53.5 Å². The number of hydrogen-bond acceptors (Lipinski definition) is 4. The van der Waals surface area contributed by atoms with Crippen molar-refractivity contribution < 1.29 is 9.53 Å². The Morgan fingerprint density at radius 1 is 1.27 bits per heavy atom. The van der Waals surface area contributed by atoms with Crippen LogP contribution in [0.1, 0.15) is 47.2 Å². The number of hydrogen-bond donors (Lipinski definition) is 1. The van der Waals surface area contributed by atoms with E-state index in [1.165, 1.54) is 7.11 Å². The predicted octanol–water partition coefficient (Wildman–Crippen LogP) is 5.85. The van der Waals surface area contributed by atoms with Gasteiger partial charge in [0.05, 0.1) is 23.8 Å². The van der Waals surface area contributed by atoms with Crippen LogP contribution in [-0.2, 0) is 10.2 Å². The Morgan fingerprint density at radius 3 is 2.80 bits per heavy atom. The normalized spacial score (nSPS) is 24.7. The number of nitrogens with zero attached hydrogens (tertiary/aromatic N) is 1. The van der Waals surface area contributed by atoms with E-state index in [9.17, 15) is 4.79 Å².